The van der Waals surface area contributed by atoms with Crippen LogP contribution in [0.1, 0.15) is 24.8 Å². The van der Waals surface area contributed by atoms with E-state index in [1.54, 1.807) is 0 Å². The highest BCUT2D eigenvalue weighted by Gasteiger charge is 2.19. The number of carbonyl (C=O) groups excluding carboxylic acids is 1. The molecule has 0 aliphatic rings. The fourth-order valence-electron chi connectivity index (χ4n) is 2.41. The molecule has 0 unspecified atom stereocenters. The summed E-state index contributed by atoms with van der Waals surface area (Å²) in [5.74, 6) is 1.30. The lowest BCUT2D eigenvalue weighted by atomic mass is 10.2. The number of hydrogen-bond acceptors (Lipinski definition) is 5. The molecule has 0 saturated heterocycles. The number of carbonyl (C=O) groups is 1. The number of nitrogens with one attached hydrogen (secondary N) is 1. The molecule has 6 nitrogen and oxygen atoms in total. The largest absolute Gasteiger partial charge is 0.481 e. The summed E-state index contributed by atoms with van der Waals surface area (Å²) in [4.78, 5) is 16.7. The van der Waals surface area contributed by atoms with Crippen LogP contribution in [0, 0.1) is 6.92 Å². The lowest BCUT2D eigenvalue weighted by Crippen LogP contribution is -2.37. The standard InChI is InChI=1S/C20H21N3O3/c1-3-17(25-16-11-9-14(2)10-12-16)20(24)21-13-18-22-19(23-26-18)15-7-5-4-6-8-15/h4-12,17H,3,13H2,1-2H3,(H,21,24)/t17-/m0/s1. The molecule has 0 saturated carbocycles. The number of rotatable bonds is 7. The normalized spacial score (nSPS) is 11.8. The molecule has 6 heteroatoms. The molecule has 0 aliphatic heterocycles. The highest BCUT2D eigenvalue weighted by Crippen LogP contribution is 2.16. The van der Waals surface area contributed by atoms with E-state index in [9.17, 15) is 4.79 Å². The number of aromatic nitrogens is 2. The summed E-state index contributed by atoms with van der Waals surface area (Å²) in [6.45, 7) is 4.06. The van der Waals surface area contributed by atoms with Crippen molar-refractivity contribution in [2.75, 3.05) is 0 Å². The third-order valence-corrected chi connectivity index (χ3v) is 3.88. The average Bonchev–Trinajstić information content (AvgIpc) is 3.15. The number of hydrogen-bond donors (Lipinski definition) is 1. The van der Waals surface area contributed by atoms with Crippen molar-refractivity contribution in [1.29, 1.82) is 0 Å². The maximum absolute atomic E-state index is 12.4. The van der Waals surface area contributed by atoms with Gasteiger partial charge in [-0.25, -0.2) is 0 Å². The lowest BCUT2D eigenvalue weighted by Gasteiger charge is -2.16. The molecule has 1 N–H and O–H groups in total. The van der Waals surface area contributed by atoms with Crippen molar-refractivity contribution < 1.29 is 14.1 Å². The average molecular weight is 351 g/mol. The second-order valence-electron chi connectivity index (χ2n) is 5.92. The minimum Gasteiger partial charge on any atom is -0.481 e. The number of nitrogens with zero attached hydrogens (tertiary/aromatic N) is 2. The summed E-state index contributed by atoms with van der Waals surface area (Å²) in [5.41, 5.74) is 2.00. The van der Waals surface area contributed by atoms with E-state index in [2.05, 4.69) is 15.5 Å². The van der Waals surface area contributed by atoms with E-state index in [-0.39, 0.29) is 12.5 Å². The molecule has 2 aromatic carbocycles. The van der Waals surface area contributed by atoms with Crippen molar-refractivity contribution in [2.24, 2.45) is 0 Å². The van der Waals surface area contributed by atoms with E-state index in [1.165, 1.54) is 0 Å². The Balaban J connectivity index is 1.57. The van der Waals surface area contributed by atoms with Crippen LogP contribution in [0.5, 0.6) is 5.75 Å². The molecule has 1 aromatic heterocycles. The minimum atomic E-state index is -0.575. The van der Waals surface area contributed by atoms with Crippen LogP contribution < -0.4 is 10.1 Å². The fourth-order valence-corrected chi connectivity index (χ4v) is 2.41. The third kappa shape index (κ3) is 4.47. The van der Waals surface area contributed by atoms with Crippen LogP contribution in [0.15, 0.2) is 59.1 Å². The SMILES string of the molecule is CC[C@H](Oc1ccc(C)cc1)C(=O)NCc1nc(-c2ccccc2)no1. The molecule has 1 atom stereocenters. The highest BCUT2D eigenvalue weighted by atomic mass is 16.5. The van der Waals surface area contributed by atoms with E-state index in [0.717, 1.165) is 11.1 Å². The Kier molecular flexibility index (Phi) is 5.63. The molecule has 0 radical (unpaired) electrons. The molecule has 0 bridgehead atoms. The summed E-state index contributed by atoms with van der Waals surface area (Å²) in [6, 6.07) is 17.1. The Morgan fingerprint density at radius 3 is 2.58 bits per heavy atom. The molecule has 3 rings (SSSR count). The van der Waals surface area contributed by atoms with Crippen LogP contribution >= 0.6 is 0 Å². The van der Waals surface area contributed by atoms with Gasteiger partial charge in [0.25, 0.3) is 5.91 Å². The topological polar surface area (TPSA) is 77.2 Å². The Labute approximate surface area is 152 Å². The molecule has 0 aliphatic carbocycles. The predicted octanol–water partition coefficient (Wildman–Crippen LogP) is 3.52. The maximum atomic E-state index is 12.4. The zero-order valence-electron chi connectivity index (χ0n) is 14.8. The molecule has 1 heterocycles. The van der Waals surface area contributed by atoms with Crippen LogP contribution in [-0.2, 0) is 11.3 Å². The van der Waals surface area contributed by atoms with Gasteiger partial charge in [0.1, 0.15) is 5.75 Å². The maximum Gasteiger partial charge on any atom is 0.261 e. The first-order chi connectivity index (χ1) is 12.7. The molecular weight excluding hydrogens is 330 g/mol. The zero-order chi connectivity index (χ0) is 18.4. The van der Waals surface area contributed by atoms with Crippen LogP contribution in [0.2, 0.25) is 0 Å². The van der Waals surface area contributed by atoms with Crippen molar-refractivity contribution in [1.82, 2.24) is 15.5 Å². The second-order valence-corrected chi connectivity index (χ2v) is 5.92. The molecule has 3 aromatic rings. The third-order valence-electron chi connectivity index (χ3n) is 3.88. The van der Waals surface area contributed by atoms with Gasteiger partial charge >= 0.3 is 0 Å². The Hall–Kier alpha value is -3.15. The quantitative estimate of drug-likeness (QED) is 0.705. The number of ether oxygens (including phenoxy) is 1. The summed E-state index contributed by atoms with van der Waals surface area (Å²) >= 11 is 0. The molecule has 1 amide bonds. The van der Waals surface area contributed by atoms with E-state index in [0.29, 0.717) is 23.9 Å². The van der Waals surface area contributed by atoms with Gasteiger partial charge in [-0.15, -0.1) is 0 Å². The lowest BCUT2D eigenvalue weighted by molar-refractivity contribution is -0.128. The number of benzene rings is 2. The van der Waals surface area contributed by atoms with Gasteiger partial charge in [-0.1, -0.05) is 60.1 Å². The summed E-state index contributed by atoms with van der Waals surface area (Å²) < 4.78 is 11.0. The van der Waals surface area contributed by atoms with E-state index >= 15 is 0 Å². The van der Waals surface area contributed by atoms with Crippen LogP contribution in [-0.4, -0.2) is 22.2 Å². The smallest absolute Gasteiger partial charge is 0.261 e. The van der Waals surface area contributed by atoms with Gasteiger partial charge < -0.3 is 14.6 Å². The molecule has 26 heavy (non-hydrogen) atoms. The van der Waals surface area contributed by atoms with Gasteiger partial charge in [-0.2, -0.15) is 4.98 Å². The van der Waals surface area contributed by atoms with Crippen molar-refractivity contribution in [2.45, 2.75) is 32.9 Å². The van der Waals surface area contributed by atoms with E-state index in [4.69, 9.17) is 9.26 Å². The Bertz CT molecular complexity index is 844. The van der Waals surface area contributed by atoms with E-state index in [1.807, 2.05) is 68.4 Å². The van der Waals surface area contributed by atoms with Crippen LogP contribution in [0.4, 0.5) is 0 Å². The van der Waals surface area contributed by atoms with Gasteiger partial charge in [-0.3, -0.25) is 4.79 Å². The van der Waals surface area contributed by atoms with Gasteiger partial charge in [0.2, 0.25) is 11.7 Å². The molecular formula is C20H21N3O3. The molecule has 0 fully saturated rings. The summed E-state index contributed by atoms with van der Waals surface area (Å²) in [5, 5.41) is 6.72. The zero-order valence-corrected chi connectivity index (χ0v) is 14.8. The molecule has 134 valence electrons. The summed E-state index contributed by atoms with van der Waals surface area (Å²) in [7, 11) is 0. The predicted molar refractivity (Wildman–Crippen MR) is 97.5 cm³/mol. The van der Waals surface area contributed by atoms with Crippen molar-refractivity contribution in [3.8, 4) is 17.1 Å². The first-order valence-electron chi connectivity index (χ1n) is 8.54. The van der Waals surface area contributed by atoms with E-state index < -0.39 is 6.10 Å². The van der Waals surface area contributed by atoms with Crippen molar-refractivity contribution >= 4 is 5.91 Å². The van der Waals surface area contributed by atoms with Gasteiger partial charge in [0.15, 0.2) is 6.10 Å². The number of aryl methyl sites for hydroxylation is 1. The first kappa shape index (κ1) is 17.7. The van der Waals surface area contributed by atoms with Gasteiger partial charge in [0.05, 0.1) is 6.54 Å². The number of amides is 1. The monoisotopic (exact) mass is 351 g/mol. The summed E-state index contributed by atoms with van der Waals surface area (Å²) in [6.07, 6.45) is -0.0204. The fraction of sp³-hybridized carbons (Fsp3) is 0.250. The Morgan fingerprint density at radius 2 is 1.88 bits per heavy atom. The second kappa shape index (κ2) is 8.29. The molecule has 0 spiro atoms. The highest BCUT2D eigenvalue weighted by molar-refractivity contribution is 5.81. The van der Waals surface area contributed by atoms with Crippen molar-refractivity contribution in [3.05, 3.63) is 66.1 Å². The van der Waals surface area contributed by atoms with Crippen LogP contribution in [0.3, 0.4) is 0 Å². The van der Waals surface area contributed by atoms with Crippen LogP contribution in [0.25, 0.3) is 11.4 Å². The Morgan fingerprint density at radius 1 is 1.15 bits per heavy atom. The van der Waals surface area contributed by atoms with Gasteiger partial charge in [0, 0.05) is 5.56 Å². The first-order valence-corrected chi connectivity index (χ1v) is 8.54. The minimum absolute atomic E-state index is 0.159. The van der Waals surface area contributed by atoms with Gasteiger partial charge in [-0.05, 0) is 25.5 Å². The van der Waals surface area contributed by atoms with Crippen molar-refractivity contribution in [3.63, 3.8) is 0 Å².